The standard InChI is InChI=1S/C13H8F5NO/c14-10-3-1-2-9(12(10)15)8-5-4-7(6-11(8)19)20-13(16,17)18/h1-6H,19H2. The Balaban J connectivity index is 2.42. The minimum absolute atomic E-state index is 0.0801. The number of hydrogen-bond donors (Lipinski definition) is 1. The maximum atomic E-state index is 13.6. The van der Waals surface area contributed by atoms with Gasteiger partial charge < -0.3 is 10.5 Å². The number of nitrogen functional groups attached to an aromatic ring is 1. The molecule has 0 saturated carbocycles. The summed E-state index contributed by atoms with van der Waals surface area (Å²) < 4.78 is 66.5. The van der Waals surface area contributed by atoms with E-state index in [2.05, 4.69) is 4.74 Å². The molecule has 2 aromatic carbocycles. The number of alkyl halides is 3. The lowest BCUT2D eigenvalue weighted by molar-refractivity contribution is -0.274. The van der Waals surface area contributed by atoms with Gasteiger partial charge in [0.25, 0.3) is 0 Å². The van der Waals surface area contributed by atoms with E-state index in [0.717, 1.165) is 24.3 Å². The van der Waals surface area contributed by atoms with Crippen LogP contribution >= 0.6 is 0 Å². The van der Waals surface area contributed by atoms with Gasteiger partial charge in [-0.05, 0) is 18.2 Å². The van der Waals surface area contributed by atoms with E-state index in [1.807, 2.05) is 0 Å². The monoisotopic (exact) mass is 289 g/mol. The average molecular weight is 289 g/mol. The molecule has 0 radical (unpaired) electrons. The van der Waals surface area contributed by atoms with Gasteiger partial charge in [-0.3, -0.25) is 0 Å². The predicted octanol–water partition coefficient (Wildman–Crippen LogP) is 4.11. The van der Waals surface area contributed by atoms with Crippen molar-refractivity contribution in [3.63, 3.8) is 0 Å². The molecule has 0 spiro atoms. The molecule has 0 unspecified atom stereocenters. The molecule has 0 amide bonds. The van der Waals surface area contributed by atoms with Crippen molar-refractivity contribution in [3.8, 4) is 16.9 Å². The first-order valence-corrected chi connectivity index (χ1v) is 5.37. The topological polar surface area (TPSA) is 35.2 Å². The summed E-state index contributed by atoms with van der Waals surface area (Å²) in [7, 11) is 0. The third-order valence-electron chi connectivity index (χ3n) is 2.50. The van der Waals surface area contributed by atoms with E-state index in [9.17, 15) is 22.0 Å². The first-order chi connectivity index (χ1) is 9.28. The molecule has 0 aromatic heterocycles. The zero-order valence-electron chi connectivity index (χ0n) is 9.84. The first-order valence-electron chi connectivity index (χ1n) is 5.37. The van der Waals surface area contributed by atoms with E-state index < -0.39 is 23.7 Å². The number of benzene rings is 2. The Morgan fingerprint density at radius 2 is 1.65 bits per heavy atom. The Morgan fingerprint density at radius 3 is 2.25 bits per heavy atom. The van der Waals surface area contributed by atoms with Crippen molar-refractivity contribution in [1.82, 2.24) is 0 Å². The Morgan fingerprint density at radius 1 is 0.950 bits per heavy atom. The second-order valence-corrected chi connectivity index (χ2v) is 3.90. The summed E-state index contributed by atoms with van der Waals surface area (Å²) in [5, 5.41) is 0. The second kappa shape index (κ2) is 4.99. The van der Waals surface area contributed by atoms with Crippen molar-refractivity contribution in [2.24, 2.45) is 0 Å². The molecule has 0 aliphatic rings. The minimum Gasteiger partial charge on any atom is -0.406 e. The Labute approximate surface area is 110 Å². The predicted molar refractivity (Wildman–Crippen MR) is 62.9 cm³/mol. The fourth-order valence-corrected chi connectivity index (χ4v) is 1.70. The number of nitrogens with two attached hydrogens (primary N) is 1. The molecular formula is C13H8F5NO. The van der Waals surface area contributed by atoms with E-state index >= 15 is 0 Å². The summed E-state index contributed by atoms with van der Waals surface area (Å²) in [5.41, 5.74) is 5.34. The van der Waals surface area contributed by atoms with Gasteiger partial charge in [-0.2, -0.15) is 0 Å². The van der Waals surface area contributed by atoms with Crippen LogP contribution in [0.15, 0.2) is 36.4 Å². The molecule has 2 N–H and O–H groups in total. The molecule has 0 heterocycles. The quantitative estimate of drug-likeness (QED) is 0.667. The molecule has 0 aliphatic carbocycles. The van der Waals surface area contributed by atoms with Crippen LogP contribution in [-0.2, 0) is 0 Å². The second-order valence-electron chi connectivity index (χ2n) is 3.90. The van der Waals surface area contributed by atoms with Gasteiger partial charge in [0, 0.05) is 22.9 Å². The number of rotatable bonds is 2. The number of hydrogen-bond acceptors (Lipinski definition) is 2. The summed E-state index contributed by atoms with van der Waals surface area (Å²) in [6.07, 6.45) is -4.85. The minimum atomic E-state index is -4.85. The maximum absolute atomic E-state index is 13.6. The van der Waals surface area contributed by atoms with E-state index in [4.69, 9.17) is 5.73 Å². The summed E-state index contributed by atoms with van der Waals surface area (Å²) in [5.74, 6) is -2.73. The van der Waals surface area contributed by atoms with E-state index in [1.54, 1.807) is 0 Å². The Bertz CT molecular complexity index is 639. The van der Waals surface area contributed by atoms with Crippen molar-refractivity contribution in [2.45, 2.75) is 6.36 Å². The highest BCUT2D eigenvalue weighted by Gasteiger charge is 2.31. The molecule has 2 aromatic rings. The lowest BCUT2D eigenvalue weighted by atomic mass is 10.0. The van der Waals surface area contributed by atoms with Crippen LogP contribution in [0.1, 0.15) is 0 Å². The molecule has 2 nitrogen and oxygen atoms in total. The molecule has 20 heavy (non-hydrogen) atoms. The smallest absolute Gasteiger partial charge is 0.406 e. The van der Waals surface area contributed by atoms with Gasteiger partial charge in [0.2, 0.25) is 0 Å². The SMILES string of the molecule is Nc1cc(OC(F)(F)F)ccc1-c1cccc(F)c1F. The highest BCUT2D eigenvalue weighted by Crippen LogP contribution is 2.33. The normalized spacial score (nSPS) is 11.4. The van der Waals surface area contributed by atoms with Gasteiger partial charge >= 0.3 is 6.36 Å². The first kappa shape index (κ1) is 14.1. The van der Waals surface area contributed by atoms with Crippen LogP contribution in [0.5, 0.6) is 5.75 Å². The molecule has 106 valence electrons. The number of anilines is 1. The summed E-state index contributed by atoms with van der Waals surface area (Å²) in [6.45, 7) is 0. The van der Waals surface area contributed by atoms with Gasteiger partial charge in [0.15, 0.2) is 11.6 Å². The molecule has 0 fully saturated rings. The molecule has 7 heteroatoms. The van der Waals surface area contributed by atoms with Crippen molar-refractivity contribution < 1.29 is 26.7 Å². The third-order valence-corrected chi connectivity index (χ3v) is 2.50. The molecular weight excluding hydrogens is 281 g/mol. The average Bonchev–Trinajstić information content (AvgIpc) is 2.31. The van der Waals surface area contributed by atoms with Gasteiger partial charge in [0.05, 0.1) is 0 Å². The van der Waals surface area contributed by atoms with Gasteiger partial charge in [0.1, 0.15) is 5.75 Å². The van der Waals surface area contributed by atoms with Crippen molar-refractivity contribution in [3.05, 3.63) is 48.0 Å². The van der Waals surface area contributed by atoms with Crippen LogP contribution in [0.2, 0.25) is 0 Å². The Hall–Kier alpha value is -2.31. The fourth-order valence-electron chi connectivity index (χ4n) is 1.70. The summed E-state index contributed by atoms with van der Waals surface area (Å²) in [6, 6.07) is 6.48. The number of ether oxygens (including phenoxy) is 1. The zero-order chi connectivity index (χ0) is 14.9. The summed E-state index contributed by atoms with van der Waals surface area (Å²) >= 11 is 0. The van der Waals surface area contributed by atoms with Crippen molar-refractivity contribution in [2.75, 3.05) is 5.73 Å². The zero-order valence-corrected chi connectivity index (χ0v) is 9.84. The van der Waals surface area contributed by atoms with Crippen LogP contribution < -0.4 is 10.5 Å². The maximum Gasteiger partial charge on any atom is 0.573 e. The molecule has 0 bridgehead atoms. The highest BCUT2D eigenvalue weighted by atomic mass is 19.4. The van der Waals surface area contributed by atoms with Crippen LogP contribution in [0, 0.1) is 11.6 Å². The van der Waals surface area contributed by atoms with Crippen LogP contribution in [0.25, 0.3) is 11.1 Å². The van der Waals surface area contributed by atoms with Gasteiger partial charge in [-0.1, -0.05) is 12.1 Å². The largest absolute Gasteiger partial charge is 0.573 e. The fraction of sp³-hybridized carbons (Fsp3) is 0.0769. The lowest BCUT2D eigenvalue weighted by Gasteiger charge is -2.12. The molecule has 0 atom stereocenters. The van der Waals surface area contributed by atoms with E-state index in [1.165, 1.54) is 12.1 Å². The van der Waals surface area contributed by atoms with Crippen molar-refractivity contribution >= 4 is 5.69 Å². The van der Waals surface area contributed by atoms with Crippen molar-refractivity contribution in [1.29, 1.82) is 0 Å². The highest BCUT2D eigenvalue weighted by molar-refractivity contribution is 5.77. The molecule has 2 rings (SSSR count). The summed E-state index contributed by atoms with van der Waals surface area (Å²) in [4.78, 5) is 0. The number of halogens is 5. The third kappa shape index (κ3) is 2.98. The molecule has 0 aliphatic heterocycles. The lowest BCUT2D eigenvalue weighted by Crippen LogP contribution is -2.17. The van der Waals surface area contributed by atoms with Crippen LogP contribution in [-0.4, -0.2) is 6.36 Å². The van der Waals surface area contributed by atoms with Gasteiger partial charge in [-0.15, -0.1) is 13.2 Å². The van der Waals surface area contributed by atoms with E-state index in [-0.39, 0.29) is 16.8 Å². The van der Waals surface area contributed by atoms with Gasteiger partial charge in [-0.25, -0.2) is 8.78 Å². The van der Waals surface area contributed by atoms with Crippen LogP contribution in [0.3, 0.4) is 0 Å². The Kier molecular flexibility index (Phi) is 3.52. The molecule has 0 saturated heterocycles. The van der Waals surface area contributed by atoms with Crippen LogP contribution in [0.4, 0.5) is 27.6 Å². The van der Waals surface area contributed by atoms with E-state index in [0.29, 0.717) is 0 Å².